The van der Waals surface area contributed by atoms with Crippen molar-refractivity contribution in [2.24, 2.45) is 0 Å². The van der Waals surface area contributed by atoms with Crippen LogP contribution in [0, 0.1) is 0 Å². The fourth-order valence-corrected chi connectivity index (χ4v) is 3.05. The minimum absolute atomic E-state index is 0.188. The van der Waals surface area contributed by atoms with Gasteiger partial charge in [0.15, 0.2) is 0 Å². The Hall–Kier alpha value is -0.160. The molecule has 2 aliphatic rings. The van der Waals surface area contributed by atoms with Crippen LogP contribution in [0.2, 0.25) is 0 Å². The molecule has 0 aliphatic carbocycles. The molecule has 0 aromatic rings. The molecule has 0 bridgehead atoms. The lowest BCUT2D eigenvalue weighted by Crippen LogP contribution is -2.45. The zero-order valence-corrected chi connectivity index (χ0v) is 11.1. The first-order valence-corrected chi connectivity index (χ1v) is 6.90. The molecule has 4 heteroatoms. The van der Waals surface area contributed by atoms with Gasteiger partial charge in [-0.05, 0) is 26.7 Å². The molecule has 2 rings (SSSR count). The maximum Gasteiger partial charge on any atom is 0.0594 e. The van der Waals surface area contributed by atoms with Gasteiger partial charge in [0.05, 0.1) is 19.3 Å². The van der Waals surface area contributed by atoms with E-state index < -0.39 is 0 Å². The van der Waals surface area contributed by atoms with Crippen LogP contribution in [0.1, 0.15) is 26.7 Å². The SMILES string of the molecule is CC(O)CC(C)N1CCC(N2CCOCC2)C1. The average molecular weight is 242 g/mol. The van der Waals surface area contributed by atoms with Gasteiger partial charge in [0, 0.05) is 38.3 Å². The third kappa shape index (κ3) is 3.65. The topological polar surface area (TPSA) is 35.9 Å². The molecule has 2 saturated heterocycles. The van der Waals surface area contributed by atoms with E-state index in [-0.39, 0.29) is 6.10 Å². The Labute approximate surface area is 105 Å². The molecule has 4 nitrogen and oxygen atoms in total. The Bertz CT molecular complexity index is 229. The van der Waals surface area contributed by atoms with Crippen molar-refractivity contribution in [2.75, 3.05) is 39.4 Å². The van der Waals surface area contributed by atoms with Crippen LogP contribution in [0.3, 0.4) is 0 Å². The van der Waals surface area contributed by atoms with Gasteiger partial charge >= 0.3 is 0 Å². The molecule has 3 atom stereocenters. The number of morpholine rings is 1. The number of hydrogen-bond donors (Lipinski definition) is 1. The van der Waals surface area contributed by atoms with Gasteiger partial charge in [-0.25, -0.2) is 0 Å². The van der Waals surface area contributed by atoms with Gasteiger partial charge in [0.2, 0.25) is 0 Å². The van der Waals surface area contributed by atoms with Crippen LogP contribution in [0.5, 0.6) is 0 Å². The molecule has 0 spiro atoms. The van der Waals surface area contributed by atoms with Crippen LogP contribution in [0.25, 0.3) is 0 Å². The molecule has 2 heterocycles. The molecule has 0 saturated carbocycles. The van der Waals surface area contributed by atoms with Crippen molar-refractivity contribution in [2.45, 2.75) is 44.9 Å². The minimum atomic E-state index is -0.188. The standard InChI is InChI=1S/C13H26N2O2/c1-11(9-12(2)16)15-4-3-13(10-15)14-5-7-17-8-6-14/h11-13,16H,3-10H2,1-2H3. The largest absolute Gasteiger partial charge is 0.393 e. The summed E-state index contributed by atoms with van der Waals surface area (Å²) in [5.41, 5.74) is 0. The van der Waals surface area contributed by atoms with Gasteiger partial charge in [-0.2, -0.15) is 0 Å². The predicted molar refractivity (Wildman–Crippen MR) is 68.1 cm³/mol. The molecule has 0 aromatic carbocycles. The molecule has 0 amide bonds. The van der Waals surface area contributed by atoms with Crippen LogP contribution in [-0.2, 0) is 4.74 Å². The van der Waals surface area contributed by atoms with Crippen molar-refractivity contribution in [1.82, 2.24) is 9.80 Å². The Balaban J connectivity index is 1.78. The van der Waals surface area contributed by atoms with E-state index in [2.05, 4.69) is 16.7 Å². The zero-order chi connectivity index (χ0) is 12.3. The number of rotatable bonds is 4. The second kappa shape index (κ2) is 6.14. The Kier molecular flexibility index (Phi) is 4.79. The molecular formula is C13H26N2O2. The molecule has 0 radical (unpaired) electrons. The van der Waals surface area contributed by atoms with Crippen LogP contribution in [0.15, 0.2) is 0 Å². The summed E-state index contributed by atoms with van der Waals surface area (Å²) >= 11 is 0. The van der Waals surface area contributed by atoms with E-state index in [9.17, 15) is 5.11 Å². The third-order valence-electron chi connectivity index (χ3n) is 4.06. The summed E-state index contributed by atoms with van der Waals surface area (Å²) in [5.74, 6) is 0. The summed E-state index contributed by atoms with van der Waals surface area (Å²) < 4.78 is 5.40. The van der Waals surface area contributed by atoms with Crippen molar-refractivity contribution in [3.05, 3.63) is 0 Å². The van der Waals surface area contributed by atoms with Gasteiger partial charge < -0.3 is 9.84 Å². The van der Waals surface area contributed by atoms with Crippen LogP contribution in [0.4, 0.5) is 0 Å². The van der Waals surface area contributed by atoms with E-state index in [0.29, 0.717) is 12.1 Å². The Morgan fingerprint density at radius 3 is 2.59 bits per heavy atom. The van der Waals surface area contributed by atoms with E-state index in [1.807, 2.05) is 6.92 Å². The highest BCUT2D eigenvalue weighted by atomic mass is 16.5. The van der Waals surface area contributed by atoms with Gasteiger partial charge in [-0.15, -0.1) is 0 Å². The van der Waals surface area contributed by atoms with Crippen LogP contribution in [-0.4, -0.2) is 72.5 Å². The fourth-order valence-electron chi connectivity index (χ4n) is 3.05. The van der Waals surface area contributed by atoms with E-state index >= 15 is 0 Å². The first-order chi connectivity index (χ1) is 8.16. The third-order valence-corrected chi connectivity index (χ3v) is 4.06. The number of nitrogens with zero attached hydrogens (tertiary/aromatic N) is 2. The normalized spacial score (nSPS) is 31.6. The predicted octanol–water partition coefficient (Wildman–Crippen LogP) is 0.552. The highest BCUT2D eigenvalue weighted by Crippen LogP contribution is 2.20. The van der Waals surface area contributed by atoms with Gasteiger partial charge in [0.25, 0.3) is 0 Å². The lowest BCUT2D eigenvalue weighted by Gasteiger charge is -2.33. The summed E-state index contributed by atoms with van der Waals surface area (Å²) in [6.07, 6.45) is 1.97. The monoisotopic (exact) mass is 242 g/mol. The molecule has 2 fully saturated rings. The van der Waals surface area contributed by atoms with E-state index in [0.717, 1.165) is 39.3 Å². The van der Waals surface area contributed by atoms with Crippen molar-refractivity contribution in [3.63, 3.8) is 0 Å². The highest BCUT2D eigenvalue weighted by Gasteiger charge is 2.30. The molecule has 17 heavy (non-hydrogen) atoms. The molecule has 0 aromatic heterocycles. The molecule has 3 unspecified atom stereocenters. The minimum Gasteiger partial charge on any atom is -0.393 e. The summed E-state index contributed by atoms with van der Waals surface area (Å²) in [6, 6.07) is 1.20. The highest BCUT2D eigenvalue weighted by molar-refractivity contribution is 4.87. The van der Waals surface area contributed by atoms with Crippen molar-refractivity contribution in [3.8, 4) is 0 Å². The number of ether oxygens (including phenoxy) is 1. The van der Waals surface area contributed by atoms with Crippen molar-refractivity contribution >= 4 is 0 Å². The average Bonchev–Trinajstić information content (AvgIpc) is 2.78. The van der Waals surface area contributed by atoms with Gasteiger partial charge in [0.1, 0.15) is 0 Å². The maximum absolute atomic E-state index is 9.44. The lowest BCUT2D eigenvalue weighted by atomic mass is 10.1. The summed E-state index contributed by atoms with van der Waals surface area (Å²) in [4.78, 5) is 5.09. The van der Waals surface area contributed by atoms with Crippen molar-refractivity contribution < 1.29 is 9.84 Å². The molecule has 1 N–H and O–H groups in total. The van der Waals surface area contributed by atoms with Crippen LogP contribution >= 0.6 is 0 Å². The Morgan fingerprint density at radius 2 is 1.94 bits per heavy atom. The fraction of sp³-hybridized carbons (Fsp3) is 1.00. The number of aliphatic hydroxyl groups is 1. The van der Waals surface area contributed by atoms with Gasteiger partial charge in [-0.3, -0.25) is 9.80 Å². The molecule has 100 valence electrons. The Morgan fingerprint density at radius 1 is 1.24 bits per heavy atom. The summed E-state index contributed by atoms with van der Waals surface area (Å²) in [5, 5.41) is 9.44. The second-order valence-electron chi connectivity index (χ2n) is 5.52. The quantitative estimate of drug-likeness (QED) is 0.781. The number of aliphatic hydroxyl groups excluding tert-OH is 1. The van der Waals surface area contributed by atoms with E-state index in [1.165, 1.54) is 13.0 Å². The maximum atomic E-state index is 9.44. The van der Waals surface area contributed by atoms with E-state index in [1.54, 1.807) is 0 Å². The first kappa shape index (κ1) is 13.3. The first-order valence-electron chi connectivity index (χ1n) is 6.90. The molecular weight excluding hydrogens is 216 g/mol. The smallest absolute Gasteiger partial charge is 0.0594 e. The van der Waals surface area contributed by atoms with Gasteiger partial charge in [-0.1, -0.05) is 0 Å². The van der Waals surface area contributed by atoms with E-state index in [4.69, 9.17) is 4.74 Å². The zero-order valence-electron chi connectivity index (χ0n) is 11.1. The van der Waals surface area contributed by atoms with Crippen LogP contribution < -0.4 is 0 Å². The lowest BCUT2D eigenvalue weighted by molar-refractivity contribution is 0.0172. The second-order valence-corrected chi connectivity index (χ2v) is 5.52. The van der Waals surface area contributed by atoms with Crippen molar-refractivity contribution in [1.29, 1.82) is 0 Å². The number of hydrogen-bond acceptors (Lipinski definition) is 4. The number of likely N-dealkylation sites (tertiary alicyclic amines) is 1. The summed E-state index contributed by atoms with van der Waals surface area (Å²) in [7, 11) is 0. The summed E-state index contributed by atoms with van der Waals surface area (Å²) in [6.45, 7) is 10.4. The molecule has 2 aliphatic heterocycles.